The summed E-state index contributed by atoms with van der Waals surface area (Å²) in [6, 6.07) is 15.3. The summed E-state index contributed by atoms with van der Waals surface area (Å²) in [5.74, 6) is -0.564. The molecule has 2 N–H and O–H groups in total. The van der Waals surface area contributed by atoms with Gasteiger partial charge in [0, 0.05) is 11.4 Å². The molecular weight excluding hydrogens is 466 g/mol. The number of carbonyl (C=O) groups is 2. The van der Waals surface area contributed by atoms with Gasteiger partial charge in [-0.25, -0.2) is 14.6 Å². The van der Waals surface area contributed by atoms with E-state index in [4.69, 9.17) is 4.52 Å². The first kappa shape index (κ1) is 22.4. The second-order valence-corrected chi connectivity index (χ2v) is 9.18. The maximum atomic E-state index is 13.2. The SMILES string of the molecule is Cc1ccc(-c2cc(C(=O)Nc3ncn(CC(=O)NCc4ccccc4)n3)c3c(C)noc3n2)s1. The number of anilines is 1. The molecule has 11 heteroatoms. The number of fused-ring (bicyclic) bond motifs is 1. The zero-order valence-corrected chi connectivity index (χ0v) is 19.8. The Bertz CT molecular complexity index is 1520. The predicted octanol–water partition coefficient (Wildman–Crippen LogP) is 3.73. The van der Waals surface area contributed by atoms with Crippen molar-refractivity contribution in [3.8, 4) is 10.6 Å². The Labute approximate surface area is 204 Å². The highest BCUT2D eigenvalue weighted by molar-refractivity contribution is 7.15. The molecule has 0 aliphatic heterocycles. The molecule has 0 radical (unpaired) electrons. The summed E-state index contributed by atoms with van der Waals surface area (Å²) in [6.45, 7) is 4.14. The molecule has 0 spiro atoms. The quantitative estimate of drug-likeness (QED) is 0.358. The summed E-state index contributed by atoms with van der Waals surface area (Å²) < 4.78 is 6.71. The molecule has 0 fully saturated rings. The Hall–Kier alpha value is -4.38. The molecule has 2 amide bonds. The number of hydrogen-bond acceptors (Lipinski definition) is 8. The largest absolute Gasteiger partial charge is 0.350 e. The average molecular weight is 488 g/mol. The minimum absolute atomic E-state index is 0.0260. The van der Waals surface area contributed by atoms with Gasteiger partial charge in [0.05, 0.1) is 27.2 Å². The molecule has 0 unspecified atom stereocenters. The van der Waals surface area contributed by atoms with Gasteiger partial charge in [0.15, 0.2) is 0 Å². The van der Waals surface area contributed by atoms with Gasteiger partial charge in [0.25, 0.3) is 11.6 Å². The van der Waals surface area contributed by atoms with Crippen LogP contribution < -0.4 is 10.6 Å². The highest BCUT2D eigenvalue weighted by Crippen LogP contribution is 2.31. The van der Waals surface area contributed by atoms with Crippen LogP contribution in [-0.2, 0) is 17.9 Å². The van der Waals surface area contributed by atoms with E-state index in [1.54, 1.807) is 24.3 Å². The van der Waals surface area contributed by atoms with Crippen molar-refractivity contribution in [2.45, 2.75) is 26.9 Å². The number of aromatic nitrogens is 5. The Kier molecular flexibility index (Phi) is 6.06. The number of nitrogens with one attached hydrogen (secondary N) is 2. The van der Waals surface area contributed by atoms with Crippen LogP contribution in [0.5, 0.6) is 0 Å². The van der Waals surface area contributed by atoms with Crippen LogP contribution in [0.1, 0.15) is 26.5 Å². The van der Waals surface area contributed by atoms with E-state index < -0.39 is 5.91 Å². The van der Waals surface area contributed by atoms with Crippen molar-refractivity contribution < 1.29 is 14.1 Å². The highest BCUT2D eigenvalue weighted by atomic mass is 32.1. The zero-order valence-electron chi connectivity index (χ0n) is 19.0. The number of carbonyl (C=O) groups excluding carboxylic acids is 2. The number of amides is 2. The van der Waals surface area contributed by atoms with Gasteiger partial charge in [-0.15, -0.1) is 16.4 Å². The molecule has 0 atom stereocenters. The van der Waals surface area contributed by atoms with Crippen molar-refractivity contribution in [2.24, 2.45) is 0 Å². The number of pyridine rings is 1. The Balaban J connectivity index is 1.31. The van der Waals surface area contributed by atoms with E-state index in [0.29, 0.717) is 28.9 Å². The molecule has 35 heavy (non-hydrogen) atoms. The van der Waals surface area contributed by atoms with Crippen molar-refractivity contribution in [3.05, 3.63) is 76.6 Å². The van der Waals surface area contributed by atoms with Crippen molar-refractivity contribution in [1.82, 2.24) is 30.2 Å². The summed E-state index contributed by atoms with van der Waals surface area (Å²) in [5, 5.41) is 14.2. The van der Waals surface area contributed by atoms with Crippen LogP contribution in [-0.4, -0.2) is 36.7 Å². The van der Waals surface area contributed by atoms with E-state index >= 15 is 0 Å². The van der Waals surface area contributed by atoms with Crippen molar-refractivity contribution in [3.63, 3.8) is 0 Å². The molecule has 0 bridgehead atoms. The van der Waals surface area contributed by atoms with Gasteiger partial charge in [-0.05, 0) is 37.6 Å². The highest BCUT2D eigenvalue weighted by Gasteiger charge is 2.21. The van der Waals surface area contributed by atoms with E-state index in [1.807, 2.05) is 49.4 Å². The minimum atomic E-state index is -0.426. The van der Waals surface area contributed by atoms with Crippen LogP contribution >= 0.6 is 11.3 Å². The van der Waals surface area contributed by atoms with Crippen LogP contribution in [0.4, 0.5) is 5.95 Å². The van der Waals surface area contributed by atoms with E-state index in [9.17, 15) is 9.59 Å². The fraction of sp³-hybridized carbons (Fsp3) is 0.167. The maximum Gasteiger partial charge on any atom is 0.259 e. The molecule has 5 rings (SSSR count). The number of benzene rings is 1. The lowest BCUT2D eigenvalue weighted by molar-refractivity contribution is -0.122. The Morgan fingerprint density at radius 3 is 2.71 bits per heavy atom. The lowest BCUT2D eigenvalue weighted by Gasteiger charge is -2.06. The predicted molar refractivity (Wildman–Crippen MR) is 131 cm³/mol. The van der Waals surface area contributed by atoms with Gasteiger partial charge in [0.1, 0.15) is 12.9 Å². The first-order valence-corrected chi connectivity index (χ1v) is 11.6. The number of rotatable bonds is 7. The smallest absolute Gasteiger partial charge is 0.259 e. The van der Waals surface area contributed by atoms with E-state index in [1.165, 1.54) is 11.0 Å². The summed E-state index contributed by atoms with van der Waals surface area (Å²) in [5.41, 5.74) is 2.80. The molecule has 0 saturated heterocycles. The van der Waals surface area contributed by atoms with Crippen LogP contribution in [0.2, 0.25) is 0 Å². The Morgan fingerprint density at radius 2 is 1.94 bits per heavy atom. The zero-order chi connectivity index (χ0) is 24.4. The summed E-state index contributed by atoms with van der Waals surface area (Å²) in [6.07, 6.45) is 1.39. The normalized spacial score (nSPS) is 11.0. The molecule has 176 valence electrons. The second kappa shape index (κ2) is 9.47. The van der Waals surface area contributed by atoms with Gasteiger partial charge in [0.2, 0.25) is 11.9 Å². The monoisotopic (exact) mass is 487 g/mol. The van der Waals surface area contributed by atoms with Crippen LogP contribution in [0.3, 0.4) is 0 Å². The number of thiophene rings is 1. The first-order chi connectivity index (χ1) is 17.0. The van der Waals surface area contributed by atoms with E-state index in [-0.39, 0.29) is 24.1 Å². The molecule has 4 aromatic heterocycles. The molecular formula is C24H21N7O3S. The standard InChI is InChI=1S/C24H21N7O3S/c1-14-8-9-19(35-14)18-10-17(21-15(2)30-34-23(21)27-18)22(33)28-24-26-13-31(29-24)12-20(32)25-11-16-6-4-3-5-7-16/h3-10,13H,11-12H2,1-2H3,(H,25,32)(H,28,29,33). The van der Waals surface area contributed by atoms with Gasteiger partial charge < -0.3 is 9.84 Å². The van der Waals surface area contributed by atoms with E-state index in [0.717, 1.165) is 15.3 Å². The third kappa shape index (κ3) is 4.94. The summed E-state index contributed by atoms with van der Waals surface area (Å²) in [7, 11) is 0. The van der Waals surface area contributed by atoms with Gasteiger partial charge in [-0.3, -0.25) is 14.9 Å². The summed E-state index contributed by atoms with van der Waals surface area (Å²) in [4.78, 5) is 36.1. The maximum absolute atomic E-state index is 13.2. The third-order valence-corrected chi connectivity index (χ3v) is 6.28. The second-order valence-electron chi connectivity index (χ2n) is 7.90. The average Bonchev–Trinajstić information content (AvgIpc) is 3.58. The van der Waals surface area contributed by atoms with E-state index in [2.05, 4.69) is 30.9 Å². The molecule has 0 aliphatic rings. The van der Waals surface area contributed by atoms with Crippen molar-refractivity contribution >= 4 is 40.2 Å². The van der Waals surface area contributed by atoms with Crippen molar-refractivity contribution in [1.29, 1.82) is 0 Å². The first-order valence-electron chi connectivity index (χ1n) is 10.8. The summed E-state index contributed by atoms with van der Waals surface area (Å²) >= 11 is 1.57. The topological polar surface area (TPSA) is 128 Å². The van der Waals surface area contributed by atoms with Crippen molar-refractivity contribution in [2.75, 3.05) is 5.32 Å². The number of hydrogen-bond donors (Lipinski definition) is 2. The minimum Gasteiger partial charge on any atom is -0.350 e. The third-order valence-electron chi connectivity index (χ3n) is 5.25. The number of aryl methyl sites for hydroxylation is 2. The molecule has 10 nitrogen and oxygen atoms in total. The van der Waals surface area contributed by atoms with Crippen LogP contribution in [0.25, 0.3) is 21.7 Å². The molecule has 0 saturated carbocycles. The fourth-order valence-corrected chi connectivity index (χ4v) is 4.40. The molecule has 0 aliphatic carbocycles. The Morgan fingerprint density at radius 1 is 1.11 bits per heavy atom. The van der Waals surface area contributed by atoms with Gasteiger partial charge >= 0.3 is 0 Å². The van der Waals surface area contributed by atoms with Crippen LogP contribution in [0, 0.1) is 13.8 Å². The fourth-order valence-electron chi connectivity index (χ4n) is 3.57. The van der Waals surface area contributed by atoms with Gasteiger partial charge in [-0.2, -0.15) is 0 Å². The van der Waals surface area contributed by atoms with Gasteiger partial charge in [-0.1, -0.05) is 35.5 Å². The lowest BCUT2D eigenvalue weighted by atomic mass is 10.1. The molecule has 1 aromatic carbocycles. The molecule has 4 heterocycles. The number of nitrogens with zero attached hydrogens (tertiary/aromatic N) is 5. The molecule has 5 aromatic rings. The lowest BCUT2D eigenvalue weighted by Crippen LogP contribution is -2.27. The van der Waals surface area contributed by atoms with Crippen LogP contribution in [0.15, 0.2) is 59.4 Å².